The van der Waals surface area contributed by atoms with Gasteiger partial charge in [0, 0.05) is 6.42 Å². The van der Waals surface area contributed by atoms with Crippen LogP contribution in [-0.4, -0.2) is 25.2 Å². The molecule has 0 radical (unpaired) electrons. The lowest BCUT2D eigenvalue weighted by Gasteiger charge is -2.28. The minimum Gasteiger partial charge on any atom is -0.465 e. The molecule has 0 atom stereocenters. The molecule has 0 aliphatic heterocycles. The molecule has 0 bridgehead atoms. The fraction of sp³-hybridized carbons (Fsp3) is 0.667. The monoisotopic (exact) mass is 306 g/mol. The van der Waals surface area contributed by atoms with Crippen LogP contribution in [-0.2, 0) is 19.1 Å². The molecule has 1 saturated carbocycles. The van der Waals surface area contributed by atoms with Crippen LogP contribution >= 0.6 is 0 Å². The Hall–Kier alpha value is -1.76. The van der Waals surface area contributed by atoms with Gasteiger partial charge in [0.15, 0.2) is 5.41 Å². The van der Waals surface area contributed by atoms with Gasteiger partial charge in [0.05, 0.1) is 13.2 Å². The number of terminal acetylenes is 1. The number of ether oxygens (including phenoxy) is 2. The van der Waals surface area contributed by atoms with Crippen molar-refractivity contribution in [3.05, 3.63) is 11.1 Å². The lowest BCUT2D eigenvalue weighted by Crippen LogP contribution is -2.42. The Kier molecular flexibility index (Phi) is 7.17. The van der Waals surface area contributed by atoms with Gasteiger partial charge in [-0.05, 0) is 52.9 Å². The van der Waals surface area contributed by atoms with E-state index in [1.54, 1.807) is 13.8 Å². The van der Waals surface area contributed by atoms with E-state index >= 15 is 0 Å². The van der Waals surface area contributed by atoms with E-state index < -0.39 is 17.4 Å². The third-order valence-electron chi connectivity index (χ3n) is 4.22. The van der Waals surface area contributed by atoms with Gasteiger partial charge < -0.3 is 9.47 Å². The van der Waals surface area contributed by atoms with Gasteiger partial charge in [0.25, 0.3) is 0 Å². The summed E-state index contributed by atoms with van der Waals surface area (Å²) >= 11 is 0. The van der Waals surface area contributed by atoms with Crippen molar-refractivity contribution in [2.75, 3.05) is 13.2 Å². The zero-order valence-electron chi connectivity index (χ0n) is 13.9. The van der Waals surface area contributed by atoms with Crippen LogP contribution in [0.5, 0.6) is 0 Å². The van der Waals surface area contributed by atoms with Crippen molar-refractivity contribution in [1.29, 1.82) is 0 Å². The summed E-state index contributed by atoms with van der Waals surface area (Å²) < 4.78 is 10.2. The molecule has 1 aliphatic rings. The average molecular weight is 306 g/mol. The van der Waals surface area contributed by atoms with Crippen LogP contribution in [0.1, 0.15) is 59.3 Å². The highest BCUT2D eigenvalue weighted by atomic mass is 16.6. The van der Waals surface area contributed by atoms with Crippen molar-refractivity contribution in [3.63, 3.8) is 0 Å². The van der Waals surface area contributed by atoms with Crippen LogP contribution in [0.4, 0.5) is 0 Å². The Morgan fingerprint density at radius 1 is 1.18 bits per heavy atom. The molecule has 1 fully saturated rings. The topological polar surface area (TPSA) is 52.6 Å². The molecule has 22 heavy (non-hydrogen) atoms. The zero-order chi connectivity index (χ0) is 16.6. The fourth-order valence-electron chi connectivity index (χ4n) is 2.59. The van der Waals surface area contributed by atoms with E-state index in [-0.39, 0.29) is 19.6 Å². The van der Waals surface area contributed by atoms with E-state index in [0.29, 0.717) is 12.8 Å². The van der Waals surface area contributed by atoms with Gasteiger partial charge in [-0.2, -0.15) is 0 Å². The first-order chi connectivity index (χ1) is 10.5. The number of hydrogen-bond acceptors (Lipinski definition) is 4. The third-order valence-corrected chi connectivity index (χ3v) is 4.22. The highest BCUT2D eigenvalue weighted by molar-refractivity contribution is 6.00. The number of carbonyl (C=O) groups excluding carboxylic acids is 2. The van der Waals surface area contributed by atoms with Crippen molar-refractivity contribution >= 4 is 11.9 Å². The lowest BCUT2D eigenvalue weighted by molar-refractivity contribution is -0.172. The summed E-state index contributed by atoms with van der Waals surface area (Å²) in [5, 5.41) is 0. The second-order valence-corrected chi connectivity index (χ2v) is 5.64. The summed E-state index contributed by atoms with van der Waals surface area (Å²) in [6.45, 7) is 5.91. The number of carbonyl (C=O) groups is 2. The minimum absolute atomic E-state index is 0.00722. The first kappa shape index (κ1) is 18.3. The Morgan fingerprint density at radius 3 is 2.09 bits per heavy atom. The molecule has 4 nitrogen and oxygen atoms in total. The Bertz CT molecular complexity index is 458. The van der Waals surface area contributed by atoms with Crippen LogP contribution in [0.2, 0.25) is 0 Å². The molecule has 0 aromatic carbocycles. The second kappa shape index (κ2) is 8.63. The number of rotatable bonds is 8. The molecule has 0 heterocycles. The molecule has 0 N–H and O–H groups in total. The van der Waals surface area contributed by atoms with E-state index in [2.05, 4.69) is 12.8 Å². The largest absolute Gasteiger partial charge is 0.465 e. The summed E-state index contributed by atoms with van der Waals surface area (Å²) in [6, 6.07) is 0. The molecule has 0 aromatic rings. The minimum atomic E-state index is -1.38. The summed E-state index contributed by atoms with van der Waals surface area (Å²) in [5.41, 5.74) is 1.30. The molecule has 0 saturated heterocycles. The van der Waals surface area contributed by atoms with Crippen LogP contribution < -0.4 is 0 Å². The summed E-state index contributed by atoms with van der Waals surface area (Å²) in [4.78, 5) is 24.8. The SMILES string of the molecule is C#CCC(CCC(C)=C1CCC1)(C(=O)OCC)C(=O)OCC. The molecular formula is C18H26O4. The van der Waals surface area contributed by atoms with E-state index in [1.165, 1.54) is 17.6 Å². The molecule has 1 aliphatic carbocycles. The molecule has 0 unspecified atom stereocenters. The maximum Gasteiger partial charge on any atom is 0.324 e. The normalized spacial score (nSPS) is 13.8. The summed E-state index contributed by atoms with van der Waals surface area (Å²) in [5.74, 6) is 1.31. The maximum absolute atomic E-state index is 12.4. The van der Waals surface area contributed by atoms with Gasteiger partial charge in [-0.25, -0.2) is 0 Å². The Labute approximate surface area is 133 Å². The Balaban J connectivity index is 2.98. The summed E-state index contributed by atoms with van der Waals surface area (Å²) in [7, 11) is 0. The quantitative estimate of drug-likeness (QED) is 0.298. The average Bonchev–Trinajstić information content (AvgIpc) is 2.42. The standard InChI is InChI=1S/C18H26O4/c1-5-12-18(16(19)21-6-2,17(20)22-7-3)13-11-14(4)15-9-8-10-15/h1H,6-13H2,2-4H3. The molecule has 4 heteroatoms. The molecule has 0 aromatic heterocycles. The highest BCUT2D eigenvalue weighted by Gasteiger charge is 2.48. The summed E-state index contributed by atoms with van der Waals surface area (Å²) in [6.07, 6.45) is 9.87. The number of esters is 2. The molecular weight excluding hydrogens is 280 g/mol. The van der Waals surface area contributed by atoms with E-state index in [4.69, 9.17) is 15.9 Å². The van der Waals surface area contributed by atoms with Crippen LogP contribution in [0.25, 0.3) is 0 Å². The lowest BCUT2D eigenvalue weighted by atomic mass is 9.77. The highest BCUT2D eigenvalue weighted by Crippen LogP contribution is 2.36. The van der Waals surface area contributed by atoms with E-state index in [0.717, 1.165) is 12.8 Å². The van der Waals surface area contributed by atoms with Crippen LogP contribution in [0, 0.1) is 17.8 Å². The molecule has 0 spiro atoms. The molecule has 1 rings (SSSR count). The van der Waals surface area contributed by atoms with Gasteiger partial charge in [-0.1, -0.05) is 11.1 Å². The van der Waals surface area contributed by atoms with Crippen LogP contribution in [0.15, 0.2) is 11.1 Å². The van der Waals surface area contributed by atoms with Crippen molar-refractivity contribution in [2.45, 2.75) is 59.3 Å². The van der Waals surface area contributed by atoms with Crippen molar-refractivity contribution < 1.29 is 19.1 Å². The number of hydrogen-bond donors (Lipinski definition) is 0. The van der Waals surface area contributed by atoms with E-state index in [1.807, 2.05) is 0 Å². The van der Waals surface area contributed by atoms with Crippen molar-refractivity contribution in [3.8, 4) is 12.3 Å². The fourth-order valence-corrected chi connectivity index (χ4v) is 2.59. The van der Waals surface area contributed by atoms with Gasteiger partial charge in [0.2, 0.25) is 0 Å². The predicted molar refractivity (Wildman–Crippen MR) is 84.9 cm³/mol. The van der Waals surface area contributed by atoms with Crippen LogP contribution in [0.3, 0.4) is 0 Å². The molecule has 0 amide bonds. The van der Waals surface area contributed by atoms with Gasteiger partial charge >= 0.3 is 11.9 Å². The predicted octanol–water partition coefficient (Wildman–Crippen LogP) is 3.40. The Morgan fingerprint density at radius 2 is 1.73 bits per heavy atom. The van der Waals surface area contributed by atoms with E-state index in [9.17, 15) is 9.59 Å². The first-order valence-electron chi connectivity index (χ1n) is 7.97. The zero-order valence-corrected chi connectivity index (χ0v) is 13.9. The van der Waals surface area contributed by atoms with Gasteiger partial charge in [-0.15, -0.1) is 12.3 Å². The van der Waals surface area contributed by atoms with Gasteiger partial charge in [-0.3, -0.25) is 9.59 Å². The van der Waals surface area contributed by atoms with Crippen molar-refractivity contribution in [2.24, 2.45) is 5.41 Å². The maximum atomic E-state index is 12.4. The van der Waals surface area contributed by atoms with Gasteiger partial charge in [0.1, 0.15) is 0 Å². The third kappa shape index (κ3) is 4.13. The number of allylic oxidation sites excluding steroid dienone is 2. The van der Waals surface area contributed by atoms with Crippen molar-refractivity contribution in [1.82, 2.24) is 0 Å². The molecule has 122 valence electrons. The first-order valence-corrected chi connectivity index (χ1v) is 7.97. The smallest absolute Gasteiger partial charge is 0.324 e. The second-order valence-electron chi connectivity index (χ2n) is 5.64.